The van der Waals surface area contributed by atoms with E-state index in [9.17, 15) is 4.79 Å². The molecule has 0 aliphatic carbocycles. The monoisotopic (exact) mass is 361 g/mol. The zero-order chi connectivity index (χ0) is 18.4. The van der Waals surface area contributed by atoms with Crippen LogP contribution in [0.1, 0.15) is 18.1 Å². The summed E-state index contributed by atoms with van der Waals surface area (Å²) in [7, 11) is 1.89. The molecule has 0 saturated heterocycles. The van der Waals surface area contributed by atoms with Gasteiger partial charge in [-0.3, -0.25) is 9.69 Å². The van der Waals surface area contributed by atoms with Crippen molar-refractivity contribution in [3.05, 3.63) is 52.7 Å². The number of benzene rings is 1. The molecule has 0 aliphatic rings. The number of pyridine rings is 1. The molecule has 2 rings (SSSR count). The van der Waals surface area contributed by atoms with Crippen LogP contribution in [0.3, 0.4) is 0 Å². The van der Waals surface area contributed by atoms with Crippen LogP contribution in [-0.4, -0.2) is 42.0 Å². The first-order chi connectivity index (χ1) is 11.8. The number of carbonyl (C=O) groups is 1. The molecule has 0 bridgehead atoms. The van der Waals surface area contributed by atoms with Gasteiger partial charge in [-0.2, -0.15) is 0 Å². The molecule has 1 amide bonds. The highest BCUT2D eigenvalue weighted by molar-refractivity contribution is 6.30. The molecule has 1 aromatic heterocycles. The minimum Gasteiger partial charge on any atom is -0.492 e. The molecule has 0 radical (unpaired) electrons. The molecule has 2 aromatic rings. The summed E-state index contributed by atoms with van der Waals surface area (Å²) in [5, 5.41) is 3.32. The number of ether oxygens (including phenoxy) is 1. The number of anilines is 1. The minimum atomic E-state index is -0.305. The molecule has 0 unspecified atom stereocenters. The molecule has 6 heteroatoms. The van der Waals surface area contributed by atoms with Crippen LogP contribution in [0.15, 0.2) is 36.5 Å². The maximum Gasteiger partial charge on any atom is 0.242 e. The predicted octanol–water partition coefficient (Wildman–Crippen LogP) is 3.69. The zero-order valence-electron chi connectivity index (χ0n) is 15.0. The lowest BCUT2D eigenvalue weighted by molar-refractivity contribution is -0.120. The first-order valence-electron chi connectivity index (χ1n) is 8.19. The van der Waals surface area contributed by atoms with Crippen LogP contribution in [-0.2, 0) is 4.79 Å². The van der Waals surface area contributed by atoms with Crippen LogP contribution in [0.5, 0.6) is 5.75 Å². The second kappa shape index (κ2) is 8.83. The molecular formula is C19H24ClN3O2. The van der Waals surface area contributed by atoms with Gasteiger partial charge in [-0.25, -0.2) is 4.98 Å². The van der Waals surface area contributed by atoms with E-state index in [0.717, 1.165) is 5.75 Å². The zero-order valence-corrected chi connectivity index (χ0v) is 15.8. The number of hydrogen-bond donors (Lipinski definition) is 1. The largest absolute Gasteiger partial charge is 0.492 e. The summed E-state index contributed by atoms with van der Waals surface area (Å²) in [6.07, 6.45) is 1.50. The van der Waals surface area contributed by atoms with E-state index in [-0.39, 0.29) is 11.9 Å². The number of hydrogen-bond acceptors (Lipinski definition) is 4. The quantitative estimate of drug-likeness (QED) is 0.817. The van der Waals surface area contributed by atoms with Gasteiger partial charge in [-0.1, -0.05) is 17.7 Å². The van der Waals surface area contributed by atoms with Crippen LogP contribution < -0.4 is 10.1 Å². The molecule has 1 N–H and O–H groups in total. The molecule has 25 heavy (non-hydrogen) atoms. The van der Waals surface area contributed by atoms with Gasteiger partial charge in [0.15, 0.2) is 0 Å². The Bertz CT molecular complexity index is 699. The molecule has 0 saturated carbocycles. The fraction of sp³-hybridized carbons (Fsp3) is 0.368. The van der Waals surface area contributed by atoms with Crippen molar-refractivity contribution in [3.63, 3.8) is 0 Å². The van der Waals surface area contributed by atoms with Gasteiger partial charge < -0.3 is 10.1 Å². The first-order valence-corrected chi connectivity index (χ1v) is 8.56. The SMILES string of the molecule is Cc1cc(C)cc(OCCN(C)[C@H](C)C(=O)Nc2ccc(Cl)cn2)c1. The predicted molar refractivity (Wildman–Crippen MR) is 101 cm³/mol. The summed E-state index contributed by atoms with van der Waals surface area (Å²) in [6, 6.07) is 9.19. The van der Waals surface area contributed by atoms with Crippen molar-refractivity contribution >= 4 is 23.3 Å². The third-order valence-electron chi connectivity index (χ3n) is 3.93. The van der Waals surface area contributed by atoms with E-state index in [4.69, 9.17) is 16.3 Å². The highest BCUT2D eigenvalue weighted by Crippen LogP contribution is 2.16. The lowest BCUT2D eigenvalue weighted by Gasteiger charge is -2.23. The van der Waals surface area contributed by atoms with Crippen molar-refractivity contribution in [2.75, 3.05) is 25.5 Å². The van der Waals surface area contributed by atoms with Gasteiger partial charge in [0, 0.05) is 12.7 Å². The Kier molecular flexibility index (Phi) is 6.79. The molecule has 1 aromatic carbocycles. The molecular weight excluding hydrogens is 338 g/mol. The van der Waals surface area contributed by atoms with Crippen LogP contribution >= 0.6 is 11.6 Å². The molecule has 134 valence electrons. The van der Waals surface area contributed by atoms with Crippen molar-refractivity contribution in [2.45, 2.75) is 26.8 Å². The number of aryl methyl sites for hydroxylation is 2. The van der Waals surface area contributed by atoms with E-state index in [1.807, 2.05) is 44.9 Å². The highest BCUT2D eigenvalue weighted by atomic mass is 35.5. The maximum atomic E-state index is 12.3. The second-order valence-corrected chi connectivity index (χ2v) is 6.62. The van der Waals surface area contributed by atoms with E-state index in [1.54, 1.807) is 12.1 Å². The number of amides is 1. The van der Waals surface area contributed by atoms with Gasteiger partial charge in [-0.15, -0.1) is 0 Å². The standard InChI is InChI=1S/C19H24ClN3O2/c1-13-9-14(2)11-17(10-13)25-8-7-23(4)15(3)19(24)22-18-6-5-16(20)12-21-18/h5-6,9-12,15H,7-8H2,1-4H3,(H,21,22,24)/t15-/m1/s1. The number of likely N-dealkylation sites (N-methyl/N-ethyl adjacent to an activating group) is 1. The van der Waals surface area contributed by atoms with Gasteiger partial charge in [-0.05, 0) is 63.2 Å². The second-order valence-electron chi connectivity index (χ2n) is 6.18. The Hall–Kier alpha value is -2.11. The molecule has 0 spiro atoms. The number of nitrogens with zero attached hydrogens (tertiary/aromatic N) is 2. The average Bonchev–Trinajstić information content (AvgIpc) is 2.55. The number of halogens is 1. The summed E-state index contributed by atoms with van der Waals surface area (Å²) in [4.78, 5) is 18.3. The van der Waals surface area contributed by atoms with Crippen LogP contribution in [0.2, 0.25) is 5.02 Å². The van der Waals surface area contributed by atoms with E-state index in [1.165, 1.54) is 17.3 Å². The van der Waals surface area contributed by atoms with Gasteiger partial charge in [0.05, 0.1) is 11.1 Å². The van der Waals surface area contributed by atoms with Crippen LogP contribution in [0.4, 0.5) is 5.82 Å². The maximum absolute atomic E-state index is 12.3. The number of aromatic nitrogens is 1. The minimum absolute atomic E-state index is 0.122. The molecule has 0 aliphatic heterocycles. The first kappa shape index (κ1) is 19.2. The lowest BCUT2D eigenvalue weighted by Crippen LogP contribution is -2.41. The van der Waals surface area contributed by atoms with Crippen molar-refractivity contribution in [1.82, 2.24) is 9.88 Å². The fourth-order valence-corrected chi connectivity index (χ4v) is 2.51. The summed E-state index contributed by atoms with van der Waals surface area (Å²) in [6.45, 7) is 7.08. The Labute approximate surface area is 154 Å². The Morgan fingerprint density at radius 1 is 1.28 bits per heavy atom. The van der Waals surface area contributed by atoms with E-state index < -0.39 is 0 Å². The summed E-state index contributed by atoms with van der Waals surface area (Å²) in [5.74, 6) is 1.22. The van der Waals surface area contributed by atoms with Crippen LogP contribution in [0.25, 0.3) is 0 Å². The lowest BCUT2D eigenvalue weighted by atomic mass is 10.1. The third-order valence-corrected chi connectivity index (χ3v) is 4.15. The average molecular weight is 362 g/mol. The molecule has 0 fully saturated rings. The number of carbonyl (C=O) groups excluding carboxylic acids is 1. The topological polar surface area (TPSA) is 54.5 Å². The van der Waals surface area contributed by atoms with Gasteiger partial charge >= 0.3 is 0 Å². The smallest absolute Gasteiger partial charge is 0.242 e. The van der Waals surface area contributed by atoms with Crippen molar-refractivity contribution in [2.24, 2.45) is 0 Å². The van der Waals surface area contributed by atoms with Crippen LogP contribution in [0, 0.1) is 13.8 Å². The van der Waals surface area contributed by atoms with Crippen molar-refractivity contribution < 1.29 is 9.53 Å². The number of rotatable bonds is 7. The van der Waals surface area contributed by atoms with Gasteiger partial charge in [0.25, 0.3) is 0 Å². The van der Waals surface area contributed by atoms with E-state index in [2.05, 4.69) is 16.4 Å². The van der Waals surface area contributed by atoms with E-state index in [0.29, 0.717) is 24.0 Å². The van der Waals surface area contributed by atoms with Crippen molar-refractivity contribution in [3.8, 4) is 5.75 Å². The van der Waals surface area contributed by atoms with Gasteiger partial charge in [0.2, 0.25) is 5.91 Å². The Balaban J connectivity index is 1.81. The molecule has 1 heterocycles. The Morgan fingerprint density at radius 2 is 1.96 bits per heavy atom. The third kappa shape index (κ3) is 6.03. The fourth-order valence-electron chi connectivity index (χ4n) is 2.40. The van der Waals surface area contributed by atoms with Gasteiger partial charge in [0.1, 0.15) is 18.2 Å². The van der Waals surface area contributed by atoms with E-state index >= 15 is 0 Å². The summed E-state index contributed by atoms with van der Waals surface area (Å²) >= 11 is 5.79. The summed E-state index contributed by atoms with van der Waals surface area (Å²) in [5.41, 5.74) is 2.35. The number of nitrogens with one attached hydrogen (secondary N) is 1. The normalized spacial score (nSPS) is 12.1. The highest BCUT2D eigenvalue weighted by Gasteiger charge is 2.18. The summed E-state index contributed by atoms with van der Waals surface area (Å²) < 4.78 is 5.80. The molecule has 1 atom stereocenters. The Morgan fingerprint density at radius 3 is 2.56 bits per heavy atom. The van der Waals surface area contributed by atoms with Crippen molar-refractivity contribution in [1.29, 1.82) is 0 Å². The molecule has 5 nitrogen and oxygen atoms in total.